The largest absolute Gasteiger partial charge is 0.514 e. The first-order chi connectivity index (χ1) is 10.8. The van der Waals surface area contributed by atoms with E-state index in [1.807, 2.05) is 12.1 Å². The Bertz CT molecular complexity index is 579. The van der Waals surface area contributed by atoms with Gasteiger partial charge in [0.2, 0.25) is 0 Å². The molecule has 1 aromatic carbocycles. The van der Waals surface area contributed by atoms with Crippen molar-refractivity contribution in [3.63, 3.8) is 0 Å². The smallest absolute Gasteiger partial charge is 0.450 e. The topological polar surface area (TPSA) is 73.9 Å². The second-order valence-electron chi connectivity index (χ2n) is 6.42. The molecule has 6 nitrogen and oxygen atoms in total. The summed E-state index contributed by atoms with van der Waals surface area (Å²) in [5.74, 6) is 0.568. The van der Waals surface area contributed by atoms with Crippen molar-refractivity contribution in [3.05, 3.63) is 29.8 Å². The van der Waals surface area contributed by atoms with Crippen LogP contribution in [0.1, 0.15) is 45.6 Å². The third-order valence-electron chi connectivity index (χ3n) is 3.27. The number of nitrogens with one attached hydrogen (secondary N) is 1. The first-order valence-electron chi connectivity index (χ1n) is 7.73. The molecule has 1 aliphatic carbocycles. The van der Waals surface area contributed by atoms with Crippen molar-refractivity contribution in [2.45, 2.75) is 51.7 Å². The van der Waals surface area contributed by atoms with Crippen molar-refractivity contribution in [2.75, 3.05) is 6.61 Å². The molecule has 2 atom stereocenters. The fourth-order valence-electron chi connectivity index (χ4n) is 2.26. The molecule has 0 spiro atoms. The van der Waals surface area contributed by atoms with Gasteiger partial charge in [0.25, 0.3) is 0 Å². The first kappa shape index (κ1) is 17.1. The van der Waals surface area contributed by atoms with E-state index in [0.29, 0.717) is 12.4 Å². The number of carbonyl (C=O) groups excluding carboxylic acids is 2. The molecule has 0 radical (unpaired) electrons. The molecule has 23 heavy (non-hydrogen) atoms. The Kier molecular flexibility index (Phi) is 5.13. The highest BCUT2D eigenvalue weighted by atomic mass is 16.7. The Morgan fingerprint density at radius 1 is 1.26 bits per heavy atom. The number of ether oxygens (including phenoxy) is 3. The minimum Gasteiger partial charge on any atom is -0.450 e. The van der Waals surface area contributed by atoms with Gasteiger partial charge in [-0.05, 0) is 40.2 Å². The molecule has 0 unspecified atom stereocenters. The van der Waals surface area contributed by atoms with Crippen LogP contribution >= 0.6 is 0 Å². The Labute approximate surface area is 136 Å². The highest BCUT2D eigenvalue weighted by Gasteiger charge is 2.41. The predicted octanol–water partition coefficient (Wildman–Crippen LogP) is 3.60. The zero-order chi connectivity index (χ0) is 17.0. The van der Waals surface area contributed by atoms with Crippen LogP contribution in [0.2, 0.25) is 0 Å². The van der Waals surface area contributed by atoms with Crippen LogP contribution < -0.4 is 10.1 Å². The summed E-state index contributed by atoms with van der Waals surface area (Å²) in [5, 5.41) is 2.79. The molecular weight excluding hydrogens is 298 g/mol. The highest BCUT2D eigenvalue weighted by Crippen LogP contribution is 2.44. The van der Waals surface area contributed by atoms with Crippen molar-refractivity contribution in [1.82, 2.24) is 5.32 Å². The number of hydrogen-bond acceptors (Lipinski definition) is 5. The summed E-state index contributed by atoms with van der Waals surface area (Å²) in [5.41, 5.74) is 0.264. The predicted molar refractivity (Wildman–Crippen MR) is 84.6 cm³/mol. The van der Waals surface area contributed by atoms with E-state index in [4.69, 9.17) is 14.2 Å². The zero-order valence-electron chi connectivity index (χ0n) is 13.9. The van der Waals surface area contributed by atoms with Gasteiger partial charge in [-0.3, -0.25) is 0 Å². The zero-order valence-corrected chi connectivity index (χ0v) is 13.9. The van der Waals surface area contributed by atoms with Gasteiger partial charge in [0.1, 0.15) is 11.4 Å². The van der Waals surface area contributed by atoms with E-state index in [-0.39, 0.29) is 12.0 Å². The summed E-state index contributed by atoms with van der Waals surface area (Å²) < 4.78 is 15.4. The SMILES string of the molecule is CCOC(=O)N[C@@H]1C[C@H]1c1ccccc1OC(=O)OC(C)(C)C. The fraction of sp³-hybridized carbons (Fsp3) is 0.529. The normalized spacial score (nSPS) is 19.7. The molecule has 1 aromatic rings. The average Bonchev–Trinajstić information content (AvgIpc) is 3.16. The van der Waals surface area contributed by atoms with Crippen LogP contribution in [0.5, 0.6) is 5.75 Å². The fourth-order valence-corrected chi connectivity index (χ4v) is 2.26. The van der Waals surface area contributed by atoms with E-state index in [1.54, 1.807) is 39.8 Å². The Morgan fingerprint density at radius 2 is 1.96 bits per heavy atom. The van der Waals surface area contributed by atoms with Crippen molar-refractivity contribution in [3.8, 4) is 5.75 Å². The molecular formula is C17H23NO5. The molecule has 1 saturated carbocycles. The lowest BCUT2D eigenvalue weighted by Gasteiger charge is -2.19. The molecule has 0 heterocycles. The van der Waals surface area contributed by atoms with Crippen molar-refractivity contribution >= 4 is 12.2 Å². The third kappa shape index (κ3) is 5.16. The van der Waals surface area contributed by atoms with E-state index in [0.717, 1.165) is 12.0 Å². The number of hydrogen-bond donors (Lipinski definition) is 1. The average molecular weight is 321 g/mol. The van der Waals surface area contributed by atoms with Gasteiger partial charge in [-0.1, -0.05) is 18.2 Å². The molecule has 0 aromatic heterocycles. The number of amides is 1. The quantitative estimate of drug-likeness (QED) is 0.677. The maximum absolute atomic E-state index is 11.8. The number of alkyl carbamates (subject to hydrolysis) is 1. The highest BCUT2D eigenvalue weighted by molar-refractivity contribution is 5.69. The van der Waals surface area contributed by atoms with Gasteiger partial charge in [-0.25, -0.2) is 9.59 Å². The summed E-state index contributed by atoms with van der Waals surface area (Å²) in [7, 11) is 0. The van der Waals surface area contributed by atoms with Gasteiger partial charge < -0.3 is 19.5 Å². The number of carbonyl (C=O) groups is 2. The molecule has 1 fully saturated rings. The van der Waals surface area contributed by atoms with Crippen LogP contribution in [0.4, 0.5) is 9.59 Å². The molecule has 0 bridgehead atoms. The maximum atomic E-state index is 11.8. The summed E-state index contributed by atoms with van der Waals surface area (Å²) in [6, 6.07) is 7.27. The summed E-state index contributed by atoms with van der Waals surface area (Å²) in [4.78, 5) is 23.3. The Morgan fingerprint density at radius 3 is 2.61 bits per heavy atom. The van der Waals surface area contributed by atoms with E-state index < -0.39 is 17.8 Å². The minimum atomic E-state index is -0.736. The van der Waals surface area contributed by atoms with Gasteiger partial charge in [0, 0.05) is 17.5 Å². The monoisotopic (exact) mass is 321 g/mol. The summed E-state index contributed by atoms with van der Waals surface area (Å²) in [6.07, 6.45) is -0.376. The van der Waals surface area contributed by atoms with Crippen LogP contribution in [-0.2, 0) is 9.47 Å². The van der Waals surface area contributed by atoms with Crippen LogP contribution in [0.15, 0.2) is 24.3 Å². The molecule has 126 valence electrons. The molecule has 1 N–H and O–H groups in total. The van der Waals surface area contributed by atoms with Crippen LogP contribution in [0.25, 0.3) is 0 Å². The van der Waals surface area contributed by atoms with E-state index in [9.17, 15) is 9.59 Å². The van der Waals surface area contributed by atoms with Gasteiger partial charge >= 0.3 is 12.2 Å². The standard InChI is InChI=1S/C17H23NO5/c1-5-21-15(19)18-13-10-12(13)11-8-6-7-9-14(11)22-16(20)23-17(2,3)4/h6-9,12-13H,5,10H2,1-4H3,(H,18,19)/t12-,13+/m0/s1. The van der Waals surface area contributed by atoms with Crippen LogP contribution in [0, 0.1) is 0 Å². The van der Waals surface area contributed by atoms with E-state index >= 15 is 0 Å². The van der Waals surface area contributed by atoms with E-state index in [2.05, 4.69) is 5.32 Å². The molecule has 0 aliphatic heterocycles. The number of benzene rings is 1. The number of rotatable bonds is 4. The second kappa shape index (κ2) is 6.89. The van der Waals surface area contributed by atoms with Gasteiger partial charge in [-0.15, -0.1) is 0 Å². The van der Waals surface area contributed by atoms with E-state index in [1.165, 1.54) is 0 Å². The lowest BCUT2D eigenvalue weighted by atomic mass is 10.1. The second-order valence-corrected chi connectivity index (χ2v) is 6.42. The van der Waals surface area contributed by atoms with Crippen molar-refractivity contribution < 1.29 is 23.8 Å². The molecule has 1 amide bonds. The lowest BCUT2D eigenvalue weighted by molar-refractivity contribution is 0.0204. The molecule has 0 saturated heterocycles. The van der Waals surface area contributed by atoms with Gasteiger partial charge in [-0.2, -0.15) is 0 Å². The maximum Gasteiger partial charge on any atom is 0.514 e. The van der Waals surface area contributed by atoms with Crippen LogP contribution in [0.3, 0.4) is 0 Å². The number of para-hydroxylation sites is 1. The van der Waals surface area contributed by atoms with Gasteiger partial charge in [0.05, 0.1) is 6.61 Å². The van der Waals surface area contributed by atoms with Gasteiger partial charge in [0.15, 0.2) is 0 Å². The lowest BCUT2D eigenvalue weighted by Crippen LogP contribution is -2.27. The molecule has 2 rings (SSSR count). The molecule has 6 heteroatoms. The van der Waals surface area contributed by atoms with Crippen molar-refractivity contribution in [2.24, 2.45) is 0 Å². The minimum absolute atomic E-state index is 0.00237. The Hall–Kier alpha value is -2.24. The third-order valence-corrected chi connectivity index (χ3v) is 3.27. The summed E-state index contributed by atoms with van der Waals surface area (Å²) >= 11 is 0. The first-order valence-corrected chi connectivity index (χ1v) is 7.73. The van der Waals surface area contributed by atoms with Crippen LogP contribution in [-0.4, -0.2) is 30.5 Å². The Balaban J connectivity index is 1.99. The summed E-state index contributed by atoms with van der Waals surface area (Å²) in [6.45, 7) is 7.43. The molecule has 1 aliphatic rings. The van der Waals surface area contributed by atoms with Crippen molar-refractivity contribution in [1.29, 1.82) is 0 Å².